The van der Waals surface area contributed by atoms with Crippen molar-refractivity contribution >= 4 is 28.2 Å². The lowest BCUT2D eigenvalue weighted by Gasteiger charge is -2.34. The van der Waals surface area contributed by atoms with Crippen LogP contribution in [0.5, 0.6) is 0 Å². The summed E-state index contributed by atoms with van der Waals surface area (Å²) >= 11 is 0. The molecule has 0 saturated carbocycles. The van der Waals surface area contributed by atoms with Crippen molar-refractivity contribution in [2.45, 2.75) is 0 Å². The highest BCUT2D eigenvalue weighted by Crippen LogP contribution is 2.28. The second-order valence-electron chi connectivity index (χ2n) is 4.61. The quantitative estimate of drug-likeness (QED) is 0.714. The number of hydrogen-bond acceptors (Lipinski definition) is 4. The molecule has 1 aromatic carbocycles. The minimum atomic E-state index is 0.116. The number of aromatic amines is 1. The highest BCUT2D eigenvalue weighted by atomic mass is 16.2. The minimum absolute atomic E-state index is 0.116. The van der Waals surface area contributed by atoms with E-state index in [9.17, 15) is 4.79 Å². The van der Waals surface area contributed by atoms with Gasteiger partial charge >= 0.3 is 0 Å². The Morgan fingerprint density at radius 2 is 2.22 bits per heavy atom. The number of carbonyl (C=O) groups excluding carboxylic acids is 1. The standard InChI is InChI=1S/C12H15N5O/c1-16-2-3-17(7-12(16)18)11-5-10-8(4-9(11)13)6-14-15-10/h4-6H,2-3,7,13H2,1H3,(H,14,15). The molecule has 0 unspecified atom stereocenters. The van der Waals surface area contributed by atoms with Crippen molar-refractivity contribution in [3.05, 3.63) is 18.3 Å². The number of likely N-dealkylation sites (N-methyl/N-ethyl adjacent to an activating group) is 1. The Labute approximate surface area is 104 Å². The van der Waals surface area contributed by atoms with Gasteiger partial charge in [-0.1, -0.05) is 0 Å². The molecule has 2 aromatic rings. The van der Waals surface area contributed by atoms with E-state index in [2.05, 4.69) is 10.2 Å². The molecule has 18 heavy (non-hydrogen) atoms. The molecular weight excluding hydrogens is 230 g/mol. The molecule has 1 fully saturated rings. The van der Waals surface area contributed by atoms with Crippen molar-refractivity contribution in [2.24, 2.45) is 0 Å². The number of benzene rings is 1. The lowest BCUT2D eigenvalue weighted by atomic mass is 10.1. The van der Waals surface area contributed by atoms with Crippen LogP contribution in [-0.4, -0.2) is 47.7 Å². The lowest BCUT2D eigenvalue weighted by Crippen LogP contribution is -2.48. The number of nitrogens with two attached hydrogens (primary N) is 1. The van der Waals surface area contributed by atoms with Gasteiger partial charge in [0.25, 0.3) is 0 Å². The SMILES string of the molecule is CN1CCN(c2cc3[nH]ncc3cc2N)CC1=O. The van der Waals surface area contributed by atoms with E-state index in [1.807, 2.05) is 24.1 Å². The molecule has 1 aromatic heterocycles. The Balaban J connectivity index is 1.98. The van der Waals surface area contributed by atoms with Gasteiger partial charge in [-0.25, -0.2) is 0 Å². The minimum Gasteiger partial charge on any atom is -0.397 e. The van der Waals surface area contributed by atoms with Gasteiger partial charge in [0.1, 0.15) is 0 Å². The fraction of sp³-hybridized carbons (Fsp3) is 0.333. The largest absolute Gasteiger partial charge is 0.397 e. The number of nitrogens with zero attached hydrogens (tertiary/aromatic N) is 3. The Hall–Kier alpha value is -2.24. The second kappa shape index (κ2) is 3.90. The van der Waals surface area contributed by atoms with Crippen LogP contribution >= 0.6 is 0 Å². The van der Waals surface area contributed by atoms with Crippen LogP contribution in [0.1, 0.15) is 0 Å². The maximum Gasteiger partial charge on any atom is 0.241 e. The van der Waals surface area contributed by atoms with E-state index in [4.69, 9.17) is 5.73 Å². The Bertz CT molecular complexity index is 606. The molecule has 1 amide bonds. The summed E-state index contributed by atoms with van der Waals surface area (Å²) in [7, 11) is 1.82. The number of piperazine rings is 1. The molecule has 1 aliphatic rings. The molecule has 0 atom stereocenters. The van der Waals surface area contributed by atoms with Crippen molar-refractivity contribution in [3.63, 3.8) is 0 Å². The molecule has 6 nitrogen and oxygen atoms in total. The first kappa shape index (κ1) is 10.9. The van der Waals surface area contributed by atoms with Crippen LogP contribution < -0.4 is 10.6 Å². The molecule has 6 heteroatoms. The van der Waals surface area contributed by atoms with Gasteiger partial charge < -0.3 is 15.5 Å². The van der Waals surface area contributed by atoms with Crippen LogP contribution in [0.15, 0.2) is 18.3 Å². The Morgan fingerprint density at radius 3 is 3.00 bits per heavy atom. The molecule has 3 N–H and O–H groups in total. The van der Waals surface area contributed by atoms with Gasteiger partial charge in [0.15, 0.2) is 0 Å². The summed E-state index contributed by atoms with van der Waals surface area (Å²) in [5.74, 6) is 0.116. The zero-order valence-corrected chi connectivity index (χ0v) is 10.2. The molecule has 0 bridgehead atoms. The third kappa shape index (κ3) is 1.66. The number of fused-ring (bicyclic) bond motifs is 1. The number of carbonyl (C=O) groups is 1. The number of aromatic nitrogens is 2. The van der Waals surface area contributed by atoms with Gasteiger partial charge in [0, 0.05) is 25.5 Å². The van der Waals surface area contributed by atoms with E-state index in [0.29, 0.717) is 12.2 Å². The molecule has 3 rings (SSSR count). The van der Waals surface area contributed by atoms with Crippen molar-refractivity contribution in [3.8, 4) is 0 Å². The zero-order valence-electron chi connectivity index (χ0n) is 10.2. The summed E-state index contributed by atoms with van der Waals surface area (Å²) in [4.78, 5) is 15.5. The summed E-state index contributed by atoms with van der Waals surface area (Å²) in [5.41, 5.74) is 8.56. The molecule has 0 aliphatic carbocycles. The van der Waals surface area contributed by atoms with E-state index in [1.165, 1.54) is 0 Å². The molecule has 94 valence electrons. The van der Waals surface area contributed by atoms with Gasteiger partial charge in [-0.15, -0.1) is 0 Å². The topological polar surface area (TPSA) is 78.2 Å². The van der Waals surface area contributed by atoms with Crippen LogP contribution in [0.4, 0.5) is 11.4 Å². The lowest BCUT2D eigenvalue weighted by molar-refractivity contribution is -0.129. The smallest absolute Gasteiger partial charge is 0.241 e. The number of amides is 1. The van der Waals surface area contributed by atoms with E-state index < -0.39 is 0 Å². The number of hydrogen-bond donors (Lipinski definition) is 2. The maximum absolute atomic E-state index is 11.7. The molecule has 2 heterocycles. The zero-order chi connectivity index (χ0) is 12.7. The Morgan fingerprint density at radius 1 is 1.39 bits per heavy atom. The number of nitrogens with one attached hydrogen (secondary N) is 1. The summed E-state index contributed by atoms with van der Waals surface area (Å²) in [5, 5.41) is 7.88. The third-order valence-corrected chi connectivity index (χ3v) is 3.39. The maximum atomic E-state index is 11.7. The fourth-order valence-corrected chi connectivity index (χ4v) is 2.24. The first-order valence-corrected chi connectivity index (χ1v) is 5.86. The van der Waals surface area contributed by atoms with Crippen LogP contribution in [-0.2, 0) is 4.79 Å². The predicted molar refractivity (Wildman–Crippen MR) is 70.4 cm³/mol. The van der Waals surface area contributed by atoms with Crippen LogP contribution in [0.25, 0.3) is 10.9 Å². The average molecular weight is 245 g/mol. The Kier molecular flexibility index (Phi) is 2.36. The second-order valence-corrected chi connectivity index (χ2v) is 4.61. The first-order valence-electron chi connectivity index (χ1n) is 5.86. The highest BCUT2D eigenvalue weighted by Gasteiger charge is 2.22. The van der Waals surface area contributed by atoms with Crippen LogP contribution in [0.2, 0.25) is 0 Å². The van der Waals surface area contributed by atoms with E-state index in [1.54, 1.807) is 11.1 Å². The fourth-order valence-electron chi connectivity index (χ4n) is 2.24. The van der Waals surface area contributed by atoms with Gasteiger partial charge in [-0.3, -0.25) is 9.89 Å². The first-order chi connectivity index (χ1) is 8.65. The molecule has 1 aliphatic heterocycles. The number of rotatable bonds is 1. The van der Waals surface area contributed by atoms with Gasteiger partial charge in [0.05, 0.1) is 29.6 Å². The summed E-state index contributed by atoms with van der Waals surface area (Å²) in [6.45, 7) is 1.89. The van der Waals surface area contributed by atoms with Crippen molar-refractivity contribution in [1.29, 1.82) is 0 Å². The number of H-pyrrole nitrogens is 1. The summed E-state index contributed by atoms with van der Waals surface area (Å²) < 4.78 is 0. The van der Waals surface area contributed by atoms with Crippen LogP contribution in [0, 0.1) is 0 Å². The molecule has 1 saturated heterocycles. The highest BCUT2D eigenvalue weighted by molar-refractivity contribution is 5.91. The summed E-state index contributed by atoms with van der Waals surface area (Å²) in [6, 6.07) is 3.84. The van der Waals surface area contributed by atoms with Crippen molar-refractivity contribution in [1.82, 2.24) is 15.1 Å². The van der Waals surface area contributed by atoms with Gasteiger partial charge in [-0.05, 0) is 12.1 Å². The molecular formula is C12H15N5O. The third-order valence-electron chi connectivity index (χ3n) is 3.39. The predicted octanol–water partition coefficient (Wildman–Crippen LogP) is 0.423. The monoisotopic (exact) mass is 245 g/mol. The number of nitrogen functional groups attached to an aromatic ring is 1. The van der Waals surface area contributed by atoms with Crippen molar-refractivity contribution < 1.29 is 4.79 Å². The normalized spacial score (nSPS) is 16.6. The van der Waals surface area contributed by atoms with Gasteiger partial charge in [-0.2, -0.15) is 5.10 Å². The molecule has 0 radical (unpaired) electrons. The summed E-state index contributed by atoms with van der Waals surface area (Å²) in [6.07, 6.45) is 1.74. The molecule has 0 spiro atoms. The van der Waals surface area contributed by atoms with Crippen molar-refractivity contribution in [2.75, 3.05) is 37.3 Å². The van der Waals surface area contributed by atoms with E-state index in [0.717, 1.165) is 29.7 Å². The van der Waals surface area contributed by atoms with Crippen LogP contribution in [0.3, 0.4) is 0 Å². The van der Waals surface area contributed by atoms with E-state index in [-0.39, 0.29) is 5.91 Å². The van der Waals surface area contributed by atoms with E-state index >= 15 is 0 Å². The number of anilines is 2. The average Bonchev–Trinajstić information content (AvgIpc) is 2.79. The van der Waals surface area contributed by atoms with Gasteiger partial charge in [0.2, 0.25) is 5.91 Å².